The van der Waals surface area contributed by atoms with Crippen molar-refractivity contribution in [1.29, 1.82) is 0 Å². The fraction of sp³-hybridized carbons (Fsp3) is 0.429. The van der Waals surface area contributed by atoms with Gasteiger partial charge in [0.25, 0.3) is 5.91 Å². The van der Waals surface area contributed by atoms with Gasteiger partial charge in [0.15, 0.2) is 0 Å². The Morgan fingerprint density at radius 3 is 2.60 bits per heavy atom. The lowest BCUT2D eigenvalue weighted by molar-refractivity contribution is -0.125. The number of rotatable bonds is 3. The number of nitrogens with one attached hydrogen (secondary N) is 1. The van der Waals surface area contributed by atoms with Gasteiger partial charge in [-0.25, -0.2) is 0 Å². The summed E-state index contributed by atoms with van der Waals surface area (Å²) in [6.07, 6.45) is 0.707. The molecule has 0 aromatic heterocycles. The quantitative estimate of drug-likeness (QED) is 0.692. The van der Waals surface area contributed by atoms with Gasteiger partial charge >= 0.3 is 0 Å². The minimum Gasteiger partial charge on any atom is -0.397 e. The third-order valence-corrected chi connectivity index (χ3v) is 3.93. The van der Waals surface area contributed by atoms with Crippen molar-refractivity contribution in [1.82, 2.24) is 5.32 Å². The normalized spacial score (nSPS) is 21.8. The number of hydrogen-bond donors (Lipinski definition) is 3. The zero-order valence-electron chi connectivity index (χ0n) is 11.8. The number of carbonyl (C=O) groups excluding carboxylic acids is 2. The van der Waals surface area contributed by atoms with E-state index in [0.29, 0.717) is 24.2 Å². The van der Waals surface area contributed by atoms with E-state index in [1.807, 2.05) is 17.9 Å². The average molecular weight is 276 g/mol. The number of nitrogen functional groups attached to an aromatic ring is 1. The molecule has 1 saturated heterocycles. The molecule has 0 bridgehead atoms. The monoisotopic (exact) mass is 276 g/mol. The Labute approximate surface area is 118 Å². The van der Waals surface area contributed by atoms with Gasteiger partial charge in [-0.1, -0.05) is 0 Å². The zero-order chi connectivity index (χ0) is 14.9. The molecule has 108 valence electrons. The van der Waals surface area contributed by atoms with Crippen molar-refractivity contribution in [2.75, 3.05) is 30.8 Å². The minimum atomic E-state index is -0.522. The molecule has 20 heavy (non-hydrogen) atoms. The summed E-state index contributed by atoms with van der Waals surface area (Å²) in [6.45, 7) is 3.14. The van der Waals surface area contributed by atoms with Gasteiger partial charge in [-0.15, -0.1) is 0 Å². The molecule has 2 amide bonds. The van der Waals surface area contributed by atoms with Crippen molar-refractivity contribution in [3.63, 3.8) is 0 Å². The standard InChI is InChI=1S/C14H20N4O2/c1-14(13(16)20)5-6-18(8-14)11-4-3-9(7-10(11)15)12(19)17-2/h3-4,7H,5-6,8,15H2,1-2H3,(H2,16,20)(H,17,19). The number of hydrogen-bond acceptors (Lipinski definition) is 4. The van der Waals surface area contributed by atoms with Crippen molar-refractivity contribution < 1.29 is 9.59 Å². The fourth-order valence-corrected chi connectivity index (χ4v) is 2.50. The molecule has 0 saturated carbocycles. The van der Waals surface area contributed by atoms with Crippen LogP contribution >= 0.6 is 0 Å². The highest BCUT2D eigenvalue weighted by Gasteiger charge is 2.39. The smallest absolute Gasteiger partial charge is 0.251 e. The molecule has 1 aromatic rings. The first kappa shape index (κ1) is 14.2. The Bertz CT molecular complexity index is 558. The van der Waals surface area contributed by atoms with Gasteiger partial charge in [-0.2, -0.15) is 0 Å². The molecule has 1 heterocycles. The predicted molar refractivity (Wildman–Crippen MR) is 78.4 cm³/mol. The number of carbonyl (C=O) groups is 2. The lowest BCUT2D eigenvalue weighted by atomic mass is 9.89. The highest BCUT2D eigenvalue weighted by Crippen LogP contribution is 2.35. The molecule has 0 radical (unpaired) electrons. The Hall–Kier alpha value is -2.24. The number of benzene rings is 1. The predicted octanol–water partition coefficient (Wildman–Crippen LogP) is 0.330. The van der Waals surface area contributed by atoms with Crippen molar-refractivity contribution in [2.45, 2.75) is 13.3 Å². The molecule has 0 aliphatic carbocycles. The molecule has 1 aliphatic rings. The summed E-state index contributed by atoms with van der Waals surface area (Å²) < 4.78 is 0. The summed E-state index contributed by atoms with van der Waals surface area (Å²) in [6, 6.07) is 5.19. The van der Waals surface area contributed by atoms with Crippen LogP contribution < -0.4 is 21.7 Å². The highest BCUT2D eigenvalue weighted by molar-refractivity contribution is 5.96. The molecule has 1 aromatic carbocycles. The number of nitrogens with zero attached hydrogens (tertiary/aromatic N) is 1. The first-order valence-electron chi connectivity index (χ1n) is 6.54. The Morgan fingerprint density at radius 2 is 2.10 bits per heavy atom. The summed E-state index contributed by atoms with van der Waals surface area (Å²) in [5.74, 6) is -0.466. The van der Waals surface area contributed by atoms with Gasteiger partial charge in [0.2, 0.25) is 5.91 Å². The largest absolute Gasteiger partial charge is 0.397 e. The van der Waals surface area contributed by atoms with E-state index in [1.165, 1.54) is 0 Å². The SMILES string of the molecule is CNC(=O)c1ccc(N2CCC(C)(C(N)=O)C2)c(N)c1. The van der Waals surface area contributed by atoms with Crippen LogP contribution in [0.2, 0.25) is 0 Å². The van der Waals surface area contributed by atoms with E-state index in [1.54, 1.807) is 19.2 Å². The van der Waals surface area contributed by atoms with E-state index in [9.17, 15) is 9.59 Å². The molecule has 0 spiro atoms. The molecule has 5 N–H and O–H groups in total. The van der Waals surface area contributed by atoms with Crippen LogP contribution in [0.1, 0.15) is 23.7 Å². The fourth-order valence-electron chi connectivity index (χ4n) is 2.50. The molecule has 1 aliphatic heterocycles. The van der Waals surface area contributed by atoms with Gasteiger partial charge in [-0.3, -0.25) is 9.59 Å². The van der Waals surface area contributed by atoms with Crippen LogP contribution in [0.5, 0.6) is 0 Å². The first-order valence-corrected chi connectivity index (χ1v) is 6.54. The van der Waals surface area contributed by atoms with Crippen LogP contribution in [-0.4, -0.2) is 32.0 Å². The first-order chi connectivity index (χ1) is 9.37. The van der Waals surface area contributed by atoms with Gasteiger partial charge in [0.1, 0.15) is 0 Å². The van der Waals surface area contributed by atoms with Crippen molar-refractivity contribution in [3.8, 4) is 0 Å². The third-order valence-electron chi connectivity index (χ3n) is 3.93. The molecular formula is C14H20N4O2. The maximum atomic E-state index is 11.5. The van der Waals surface area contributed by atoms with E-state index in [2.05, 4.69) is 5.32 Å². The second-order valence-corrected chi connectivity index (χ2v) is 5.45. The summed E-state index contributed by atoms with van der Waals surface area (Å²) >= 11 is 0. The van der Waals surface area contributed by atoms with Crippen LogP contribution in [0, 0.1) is 5.41 Å². The van der Waals surface area contributed by atoms with Gasteiger partial charge in [-0.05, 0) is 31.5 Å². The van der Waals surface area contributed by atoms with Crippen LogP contribution in [0.25, 0.3) is 0 Å². The summed E-state index contributed by atoms with van der Waals surface area (Å²) in [7, 11) is 1.57. The summed E-state index contributed by atoms with van der Waals surface area (Å²) in [5.41, 5.74) is 12.8. The molecule has 1 unspecified atom stereocenters. The summed E-state index contributed by atoms with van der Waals surface area (Å²) in [4.78, 5) is 25.1. The topological polar surface area (TPSA) is 101 Å². The van der Waals surface area contributed by atoms with Crippen LogP contribution in [0.3, 0.4) is 0 Å². The third kappa shape index (κ3) is 2.41. The van der Waals surface area contributed by atoms with E-state index < -0.39 is 5.41 Å². The van der Waals surface area contributed by atoms with Crippen LogP contribution in [0.4, 0.5) is 11.4 Å². The molecule has 1 atom stereocenters. The number of nitrogens with two attached hydrogens (primary N) is 2. The van der Waals surface area contributed by atoms with E-state index in [0.717, 1.165) is 12.2 Å². The molecule has 2 rings (SSSR count). The van der Waals surface area contributed by atoms with E-state index in [4.69, 9.17) is 11.5 Å². The van der Waals surface area contributed by atoms with Gasteiger partial charge < -0.3 is 21.7 Å². The lowest BCUT2D eigenvalue weighted by Gasteiger charge is -2.24. The molecule has 1 fully saturated rings. The maximum Gasteiger partial charge on any atom is 0.251 e. The van der Waals surface area contributed by atoms with E-state index >= 15 is 0 Å². The number of primary amides is 1. The van der Waals surface area contributed by atoms with Crippen molar-refractivity contribution in [3.05, 3.63) is 23.8 Å². The lowest BCUT2D eigenvalue weighted by Crippen LogP contribution is -2.37. The molecule has 6 nitrogen and oxygen atoms in total. The van der Waals surface area contributed by atoms with Crippen molar-refractivity contribution >= 4 is 23.2 Å². The molecular weight excluding hydrogens is 256 g/mol. The second kappa shape index (κ2) is 5.03. The Kier molecular flexibility index (Phi) is 3.57. The molecule has 6 heteroatoms. The van der Waals surface area contributed by atoms with Gasteiger partial charge in [0.05, 0.1) is 16.8 Å². The number of amides is 2. The number of anilines is 2. The van der Waals surface area contributed by atoms with Crippen LogP contribution in [-0.2, 0) is 4.79 Å². The van der Waals surface area contributed by atoms with E-state index in [-0.39, 0.29) is 11.8 Å². The minimum absolute atomic E-state index is 0.174. The highest BCUT2D eigenvalue weighted by atomic mass is 16.2. The average Bonchev–Trinajstić information content (AvgIpc) is 2.81. The second-order valence-electron chi connectivity index (χ2n) is 5.45. The summed E-state index contributed by atoms with van der Waals surface area (Å²) in [5, 5.41) is 2.56. The van der Waals surface area contributed by atoms with Crippen molar-refractivity contribution in [2.24, 2.45) is 11.1 Å². The maximum absolute atomic E-state index is 11.5. The van der Waals surface area contributed by atoms with Crippen LogP contribution in [0.15, 0.2) is 18.2 Å². The Balaban J connectivity index is 2.23. The zero-order valence-corrected chi connectivity index (χ0v) is 11.8. The Morgan fingerprint density at radius 1 is 1.40 bits per heavy atom. The van der Waals surface area contributed by atoms with Gasteiger partial charge in [0, 0.05) is 25.7 Å².